The normalized spacial score (nSPS) is 21.3. The molecule has 0 spiro atoms. The first-order valence-electron chi connectivity index (χ1n) is 9.77. The van der Waals surface area contributed by atoms with Crippen molar-refractivity contribution in [3.63, 3.8) is 0 Å². The van der Waals surface area contributed by atoms with Gasteiger partial charge in [0.2, 0.25) is 0 Å². The van der Waals surface area contributed by atoms with E-state index in [4.69, 9.17) is 0 Å². The van der Waals surface area contributed by atoms with E-state index in [1.54, 1.807) is 0 Å². The molecule has 0 aliphatic carbocycles. The summed E-state index contributed by atoms with van der Waals surface area (Å²) >= 11 is 0. The summed E-state index contributed by atoms with van der Waals surface area (Å²) < 4.78 is 15.3. The van der Waals surface area contributed by atoms with Crippen LogP contribution in [0.4, 0.5) is 10.1 Å². The smallest absolute Gasteiger partial charge is 0.255 e. The Bertz CT molecular complexity index is 808. The van der Waals surface area contributed by atoms with Gasteiger partial charge in [0.05, 0.1) is 11.6 Å². The minimum Gasteiger partial charge on any atom is -0.369 e. The first kappa shape index (κ1) is 18.0. The number of halogens is 1. The van der Waals surface area contributed by atoms with Crippen molar-refractivity contribution in [2.45, 2.75) is 19.4 Å². The van der Waals surface area contributed by atoms with Gasteiger partial charge in [-0.05, 0) is 43.7 Å². The number of carbonyl (C=O) groups excluding carboxylic acids is 1. The average Bonchev–Trinajstić information content (AvgIpc) is 3.00. The van der Waals surface area contributed by atoms with Gasteiger partial charge in [-0.15, -0.1) is 0 Å². The van der Waals surface area contributed by atoms with E-state index < -0.39 is 0 Å². The predicted molar refractivity (Wildman–Crippen MR) is 105 cm³/mol. The zero-order chi connectivity index (χ0) is 19.0. The van der Waals surface area contributed by atoms with Gasteiger partial charge < -0.3 is 14.4 Å². The Morgan fingerprint density at radius 1 is 1.04 bits per heavy atom. The molecule has 27 heavy (non-hydrogen) atoms. The average molecular weight is 370 g/mol. The molecule has 3 heterocycles. The number of carbonyl (C=O) groups is 1. The number of anilines is 1. The lowest BCUT2D eigenvalue weighted by Gasteiger charge is -2.40. The van der Waals surface area contributed by atoms with Gasteiger partial charge in [-0.25, -0.2) is 4.39 Å². The Balaban J connectivity index is 1.52. The van der Waals surface area contributed by atoms with E-state index in [9.17, 15) is 9.18 Å². The van der Waals surface area contributed by atoms with E-state index in [1.165, 1.54) is 12.1 Å². The van der Waals surface area contributed by atoms with Crippen LogP contribution < -0.4 is 4.90 Å². The van der Waals surface area contributed by atoms with Gasteiger partial charge in [0.1, 0.15) is 5.82 Å². The Morgan fingerprint density at radius 2 is 1.74 bits per heavy atom. The van der Waals surface area contributed by atoms with Crippen LogP contribution in [0.2, 0.25) is 0 Å². The molecule has 6 heteroatoms. The molecule has 1 aromatic carbocycles. The van der Waals surface area contributed by atoms with Crippen LogP contribution in [0, 0.1) is 5.82 Å². The van der Waals surface area contributed by atoms with Crippen LogP contribution in [0.1, 0.15) is 35.4 Å². The Hall–Kier alpha value is -2.34. The molecule has 0 N–H and O–H groups in total. The molecule has 144 valence electrons. The van der Waals surface area contributed by atoms with Crippen molar-refractivity contribution in [3.05, 3.63) is 53.6 Å². The zero-order valence-electron chi connectivity index (χ0n) is 16.1. The minimum atomic E-state index is -0.197. The molecule has 0 bridgehead atoms. The molecule has 1 unspecified atom stereocenters. The Labute approximate surface area is 160 Å². The van der Waals surface area contributed by atoms with E-state index in [0.717, 1.165) is 62.6 Å². The fraction of sp³-hybridized carbons (Fsp3) is 0.476. The quantitative estimate of drug-likeness (QED) is 0.833. The molecule has 1 amide bonds. The third-order valence-electron chi connectivity index (χ3n) is 5.95. The maximum Gasteiger partial charge on any atom is 0.255 e. The topological polar surface area (TPSA) is 31.7 Å². The maximum atomic E-state index is 13.2. The molecular formula is C21H27FN4O. The first-order valence-corrected chi connectivity index (χ1v) is 9.77. The summed E-state index contributed by atoms with van der Waals surface area (Å²) in [6.45, 7) is 7.29. The minimum absolute atomic E-state index is 0.153. The van der Waals surface area contributed by atoms with E-state index >= 15 is 0 Å². The lowest BCUT2D eigenvalue weighted by Crippen LogP contribution is -2.48. The van der Waals surface area contributed by atoms with Crippen LogP contribution in [0.15, 0.2) is 36.5 Å². The fourth-order valence-corrected chi connectivity index (χ4v) is 4.43. The SMILES string of the molecule is CCN1CCC(N2CCN(c3ccc(F)cc3)CC2)c2c(ccn2C)C1=O. The van der Waals surface area contributed by atoms with E-state index in [-0.39, 0.29) is 17.8 Å². The number of amides is 1. The van der Waals surface area contributed by atoms with Crippen molar-refractivity contribution < 1.29 is 9.18 Å². The number of benzene rings is 1. The second kappa shape index (κ2) is 7.35. The second-order valence-corrected chi connectivity index (χ2v) is 7.41. The van der Waals surface area contributed by atoms with Crippen molar-refractivity contribution >= 4 is 11.6 Å². The number of piperazine rings is 1. The molecule has 2 aromatic rings. The van der Waals surface area contributed by atoms with Crippen LogP contribution in [0.3, 0.4) is 0 Å². The monoisotopic (exact) mass is 370 g/mol. The van der Waals surface area contributed by atoms with Crippen LogP contribution in [0.5, 0.6) is 0 Å². The molecular weight excluding hydrogens is 343 g/mol. The van der Waals surface area contributed by atoms with Crippen molar-refractivity contribution in [2.24, 2.45) is 7.05 Å². The number of rotatable bonds is 3. The lowest BCUT2D eigenvalue weighted by atomic mass is 10.0. The molecule has 5 nitrogen and oxygen atoms in total. The van der Waals surface area contributed by atoms with Gasteiger partial charge >= 0.3 is 0 Å². The summed E-state index contributed by atoms with van der Waals surface area (Å²) in [5, 5.41) is 0. The number of aryl methyl sites for hydroxylation is 1. The second-order valence-electron chi connectivity index (χ2n) is 7.41. The number of hydrogen-bond donors (Lipinski definition) is 0. The largest absolute Gasteiger partial charge is 0.369 e. The third kappa shape index (κ3) is 3.34. The Kier molecular flexibility index (Phi) is 4.91. The standard InChI is InChI=1S/C21H27FN4O/c1-3-24-11-9-19(20-18(21(24)27)8-10-23(20)2)26-14-12-25(13-15-26)17-6-4-16(22)5-7-17/h4-8,10,19H,3,9,11-15H2,1-2H3. The summed E-state index contributed by atoms with van der Waals surface area (Å²) in [4.78, 5) is 19.6. The van der Waals surface area contributed by atoms with Crippen LogP contribution in [-0.2, 0) is 7.05 Å². The molecule has 2 aliphatic rings. The van der Waals surface area contributed by atoms with Crippen molar-refractivity contribution in [1.29, 1.82) is 0 Å². The molecule has 4 rings (SSSR count). The zero-order valence-corrected chi connectivity index (χ0v) is 16.1. The molecule has 1 fully saturated rings. The highest BCUT2D eigenvalue weighted by atomic mass is 19.1. The fourth-order valence-electron chi connectivity index (χ4n) is 4.43. The summed E-state index contributed by atoms with van der Waals surface area (Å²) in [6.07, 6.45) is 2.96. The van der Waals surface area contributed by atoms with Gasteiger partial charge in [0.25, 0.3) is 5.91 Å². The van der Waals surface area contributed by atoms with E-state index in [0.29, 0.717) is 0 Å². The van der Waals surface area contributed by atoms with Gasteiger partial charge in [0.15, 0.2) is 0 Å². The lowest BCUT2D eigenvalue weighted by molar-refractivity contribution is 0.0761. The molecule has 0 saturated carbocycles. The summed E-state index contributed by atoms with van der Waals surface area (Å²) in [7, 11) is 2.04. The molecule has 1 aromatic heterocycles. The highest BCUT2D eigenvalue weighted by Gasteiger charge is 2.34. The van der Waals surface area contributed by atoms with E-state index in [1.807, 2.05) is 43.3 Å². The van der Waals surface area contributed by atoms with Crippen LogP contribution >= 0.6 is 0 Å². The van der Waals surface area contributed by atoms with Crippen LogP contribution in [-0.4, -0.2) is 59.5 Å². The van der Waals surface area contributed by atoms with Crippen molar-refractivity contribution in [1.82, 2.24) is 14.4 Å². The molecule has 2 aliphatic heterocycles. The predicted octanol–water partition coefficient (Wildman–Crippen LogP) is 2.89. The van der Waals surface area contributed by atoms with Gasteiger partial charge in [-0.2, -0.15) is 0 Å². The number of hydrogen-bond acceptors (Lipinski definition) is 3. The maximum absolute atomic E-state index is 13.2. The van der Waals surface area contributed by atoms with Gasteiger partial charge in [-0.3, -0.25) is 9.69 Å². The van der Waals surface area contributed by atoms with E-state index in [2.05, 4.69) is 14.4 Å². The summed E-state index contributed by atoms with van der Waals surface area (Å²) in [5.74, 6) is -0.0437. The highest BCUT2D eigenvalue weighted by molar-refractivity contribution is 5.96. The highest BCUT2D eigenvalue weighted by Crippen LogP contribution is 2.33. The molecule has 1 saturated heterocycles. The Morgan fingerprint density at radius 3 is 2.41 bits per heavy atom. The van der Waals surface area contributed by atoms with Gasteiger partial charge in [0, 0.05) is 63.9 Å². The van der Waals surface area contributed by atoms with Crippen molar-refractivity contribution in [2.75, 3.05) is 44.2 Å². The third-order valence-corrected chi connectivity index (χ3v) is 5.95. The van der Waals surface area contributed by atoms with Crippen molar-refractivity contribution in [3.8, 4) is 0 Å². The van der Waals surface area contributed by atoms with Crippen LogP contribution in [0.25, 0.3) is 0 Å². The summed E-state index contributed by atoms with van der Waals surface area (Å²) in [6, 6.07) is 8.97. The molecule has 1 atom stereocenters. The summed E-state index contributed by atoms with van der Waals surface area (Å²) in [5.41, 5.74) is 3.07. The molecule has 0 radical (unpaired) electrons. The van der Waals surface area contributed by atoms with Gasteiger partial charge in [-0.1, -0.05) is 0 Å². The number of fused-ring (bicyclic) bond motifs is 1. The first-order chi connectivity index (χ1) is 13.1. The number of aromatic nitrogens is 1. The number of nitrogens with zero attached hydrogens (tertiary/aromatic N) is 4.